The molecule has 0 aromatic carbocycles. The minimum Gasteiger partial charge on any atom is -0.461 e. The zero-order chi connectivity index (χ0) is 28.4. The zero-order valence-corrected chi connectivity index (χ0v) is 24.7. The summed E-state index contributed by atoms with van der Waals surface area (Å²) >= 11 is 6.07. The van der Waals surface area contributed by atoms with Crippen molar-refractivity contribution < 1.29 is 18.7 Å². The van der Waals surface area contributed by atoms with Gasteiger partial charge in [0.2, 0.25) is 0 Å². The van der Waals surface area contributed by atoms with E-state index in [4.69, 9.17) is 26.1 Å². The van der Waals surface area contributed by atoms with Gasteiger partial charge in [0, 0.05) is 25.8 Å². The summed E-state index contributed by atoms with van der Waals surface area (Å²) in [6.07, 6.45) is 6.12. The van der Waals surface area contributed by atoms with Crippen LogP contribution >= 0.6 is 11.6 Å². The molecule has 9 nitrogen and oxygen atoms in total. The number of halogens is 2. The number of aromatic nitrogens is 3. The van der Waals surface area contributed by atoms with Crippen LogP contribution in [0.4, 0.5) is 15.0 Å². The van der Waals surface area contributed by atoms with Gasteiger partial charge in [-0.15, -0.1) is 0 Å². The summed E-state index contributed by atoms with van der Waals surface area (Å²) in [6.45, 7) is 13.5. The van der Waals surface area contributed by atoms with Crippen LogP contribution in [0.1, 0.15) is 66.7 Å². The number of rotatable bonds is 4. The molecular weight excluding hydrogens is 535 g/mol. The van der Waals surface area contributed by atoms with E-state index in [1.807, 2.05) is 25.7 Å². The van der Waals surface area contributed by atoms with Crippen LogP contribution in [0.3, 0.4) is 0 Å². The van der Waals surface area contributed by atoms with Crippen molar-refractivity contribution in [2.75, 3.05) is 37.7 Å². The molecule has 4 saturated heterocycles. The maximum absolute atomic E-state index is 15.3. The Morgan fingerprint density at radius 3 is 2.60 bits per heavy atom. The van der Waals surface area contributed by atoms with Gasteiger partial charge in [0.25, 0.3) is 0 Å². The first-order valence-corrected chi connectivity index (χ1v) is 14.6. The van der Waals surface area contributed by atoms with Gasteiger partial charge in [-0.1, -0.05) is 22.7 Å². The molecule has 2 aromatic heterocycles. The molecule has 1 unspecified atom stereocenters. The van der Waals surface area contributed by atoms with Gasteiger partial charge in [0.15, 0.2) is 11.0 Å². The number of amides is 1. The fourth-order valence-corrected chi connectivity index (χ4v) is 7.00. The van der Waals surface area contributed by atoms with Gasteiger partial charge in [0.1, 0.15) is 23.5 Å². The van der Waals surface area contributed by atoms with Crippen LogP contribution in [0, 0.1) is 5.82 Å². The van der Waals surface area contributed by atoms with Crippen molar-refractivity contribution >= 4 is 34.4 Å². The number of fused-ring (bicyclic) bond motifs is 4. The fourth-order valence-electron chi connectivity index (χ4n) is 6.87. The molecule has 2 bridgehead atoms. The molecule has 4 aliphatic rings. The van der Waals surface area contributed by atoms with Crippen molar-refractivity contribution in [3.8, 4) is 6.01 Å². The Labute approximate surface area is 239 Å². The maximum atomic E-state index is 15.3. The van der Waals surface area contributed by atoms with Crippen LogP contribution < -0.4 is 9.64 Å². The lowest BCUT2D eigenvalue weighted by Gasteiger charge is -2.42. The predicted octanol–water partition coefficient (Wildman–Crippen LogP) is 5.36. The molecule has 6 heterocycles. The second-order valence-corrected chi connectivity index (χ2v) is 13.3. The quantitative estimate of drug-likeness (QED) is 0.358. The van der Waals surface area contributed by atoms with E-state index in [0.717, 1.165) is 45.2 Å². The minimum absolute atomic E-state index is 0.0278. The van der Waals surface area contributed by atoms with Crippen LogP contribution in [0.5, 0.6) is 6.01 Å². The SMILES string of the molecule is CC(C)=C1CN2CCCC2(COc2nc(N3C[C@H]4CC[C@@H](C3)N4C(=O)OC(C)(C)C)c3cnc(Cl)c(F)c3n2)C1. The normalized spacial score (nSPS) is 26.5. The van der Waals surface area contributed by atoms with Crippen LogP contribution in [0.15, 0.2) is 17.3 Å². The topological polar surface area (TPSA) is 83.9 Å². The van der Waals surface area contributed by atoms with Crippen molar-refractivity contribution in [2.45, 2.75) is 89.9 Å². The van der Waals surface area contributed by atoms with Crippen LogP contribution in [0.2, 0.25) is 5.15 Å². The number of pyridine rings is 1. The summed E-state index contributed by atoms with van der Waals surface area (Å²) in [5, 5.41) is 0.246. The number of nitrogens with zero attached hydrogens (tertiary/aromatic N) is 6. The molecule has 6 rings (SSSR count). The number of hydrogen-bond donors (Lipinski definition) is 0. The number of carbonyl (C=O) groups excluding carboxylic acids is 1. The Bertz CT molecular complexity index is 1360. The Hall–Kier alpha value is -2.72. The number of anilines is 1. The molecule has 4 fully saturated rings. The number of carbonyl (C=O) groups is 1. The van der Waals surface area contributed by atoms with E-state index in [0.29, 0.717) is 30.9 Å². The van der Waals surface area contributed by atoms with Crippen molar-refractivity contribution in [1.82, 2.24) is 24.8 Å². The van der Waals surface area contributed by atoms with Crippen molar-refractivity contribution in [1.29, 1.82) is 0 Å². The van der Waals surface area contributed by atoms with Crippen molar-refractivity contribution in [3.05, 3.63) is 28.3 Å². The molecule has 3 atom stereocenters. The lowest BCUT2D eigenvalue weighted by Crippen LogP contribution is -2.57. The minimum atomic E-state index is -0.684. The molecular formula is C29H38ClFN6O3. The molecule has 0 saturated carbocycles. The summed E-state index contributed by atoms with van der Waals surface area (Å²) < 4.78 is 27.3. The molecule has 2 aromatic rings. The molecule has 0 radical (unpaired) electrons. The molecule has 11 heteroatoms. The maximum Gasteiger partial charge on any atom is 0.410 e. The van der Waals surface area contributed by atoms with E-state index < -0.39 is 11.4 Å². The standard InChI is InChI=1S/C29H38ClFN6O3/c1-17(2)18-11-29(9-6-10-36(29)13-18)16-39-26-33-23-21(12-32-24(30)22(23)31)25(34-26)35-14-19-7-8-20(15-35)37(19)27(38)40-28(3,4)5/h12,19-20H,6-11,13-16H2,1-5H3/t19-,20+,29?. The Kier molecular flexibility index (Phi) is 6.85. The third kappa shape index (κ3) is 4.87. The van der Waals surface area contributed by atoms with Gasteiger partial charge in [-0.2, -0.15) is 9.97 Å². The first-order chi connectivity index (χ1) is 18.9. The summed E-state index contributed by atoms with van der Waals surface area (Å²) in [6, 6.07) is 0.0810. The van der Waals surface area contributed by atoms with Gasteiger partial charge in [-0.05, 0) is 73.3 Å². The third-order valence-corrected chi connectivity index (χ3v) is 9.09. The number of ether oxygens (including phenoxy) is 2. The highest BCUT2D eigenvalue weighted by molar-refractivity contribution is 6.30. The lowest BCUT2D eigenvalue weighted by molar-refractivity contribution is 0.0122. The fraction of sp³-hybridized carbons (Fsp3) is 0.655. The number of allylic oxidation sites excluding steroid dienone is 1. The van der Waals surface area contributed by atoms with Crippen molar-refractivity contribution in [2.24, 2.45) is 0 Å². The first-order valence-electron chi connectivity index (χ1n) is 14.3. The molecule has 40 heavy (non-hydrogen) atoms. The first kappa shape index (κ1) is 27.4. The predicted molar refractivity (Wildman–Crippen MR) is 151 cm³/mol. The Balaban J connectivity index is 1.30. The Morgan fingerprint density at radius 2 is 1.93 bits per heavy atom. The van der Waals surface area contributed by atoms with Crippen LogP contribution in [-0.2, 0) is 4.74 Å². The molecule has 0 spiro atoms. The van der Waals surface area contributed by atoms with Gasteiger partial charge < -0.3 is 14.4 Å². The monoisotopic (exact) mass is 572 g/mol. The van der Waals surface area contributed by atoms with E-state index in [1.54, 1.807) is 0 Å². The highest BCUT2D eigenvalue weighted by atomic mass is 35.5. The molecule has 0 aliphatic carbocycles. The van der Waals surface area contributed by atoms with Crippen LogP contribution in [-0.4, -0.2) is 86.9 Å². The average molecular weight is 573 g/mol. The van der Waals surface area contributed by atoms with E-state index in [-0.39, 0.29) is 40.4 Å². The van der Waals surface area contributed by atoms with Crippen molar-refractivity contribution in [3.63, 3.8) is 0 Å². The largest absolute Gasteiger partial charge is 0.461 e. The van der Waals surface area contributed by atoms with Gasteiger partial charge in [-0.3, -0.25) is 9.80 Å². The number of hydrogen-bond acceptors (Lipinski definition) is 8. The smallest absolute Gasteiger partial charge is 0.410 e. The second kappa shape index (κ2) is 9.98. The van der Waals surface area contributed by atoms with Crippen LogP contribution in [0.25, 0.3) is 10.9 Å². The number of piperazine rings is 1. The summed E-state index contributed by atoms with van der Waals surface area (Å²) in [5.74, 6) is -0.127. The second-order valence-electron chi connectivity index (χ2n) is 13.0. The summed E-state index contributed by atoms with van der Waals surface area (Å²) in [7, 11) is 0. The van der Waals surface area contributed by atoms with E-state index >= 15 is 4.39 Å². The Morgan fingerprint density at radius 1 is 1.20 bits per heavy atom. The molecule has 1 amide bonds. The lowest BCUT2D eigenvalue weighted by atomic mass is 9.92. The van der Waals surface area contributed by atoms with Gasteiger partial charge in [0.05, 0.1) is 23.0 Å². The summed E-state index contributed by atoms with van der Waals surface area (Å²) in [5.41, 5.74) is 2.27. The van der Waals surface area contributed by atoms with Gasteiger partial charge >= 0.3 is 12.1 Å². The van der Waals surface area contributed by atoms with E-state index in [9.17, 15) is 4.79 Å². The average Bonchev–Trinajstić information content (AvgIpc) is 3.52. The highest BCUT2D eigenvalue weighted by Gasteiger charge is 2.48. The molecule has 4 aliphatic heterocycles. The molecule has 216 valence electrons. The molecule has 0 N–H and O–H groups in total. The van der Waals surface area contributed by atoms with Gasteiger partial charge in [-0.25, -0.2) is 14.2 Å². The summed E-state index contributed by atoms with van der Waals surface area (Å²) in [4.78, 5) is 32.8. The van der Waals surface area contributed by atoms with E-state index in [2.05, 4.69) is 33.6 Å². The highest BCUT2D eigenvalue weighted by Crippen LogP contribution is 2.43. The zero-order valence-electron chi connectivity index (χ0n) is 24.0. The van der Waals surface area contributed by atoms with E-state index in [1.165, 1.54) is 17.3 Å². The third-order valence-electron chi connectivity index (χ3n) is 8.83.